The third kappa shape index (κ3) is 5.35. The fraction of sp³-hybridized carbons (Fsp3) is 0.423. The molecule has 0 saturated carbocycles. The fourth-order valence-electron chi connectivity index (χ4n) is 4.04. The van der Waals surface area contributed by atoms with Gasteiger partial charge in [-0.25, -0.2) is 9.59 Å². The fourth-order valence-corrected chi connectivity index (χ4v) is 4.04. The first-order valence-corrected chi connectivity index (χ1v) is 11.3. The Hall–Kier alpha value is -3.35. The zero-order chi connectivity index (χ0) is 24.2. The van der Waals surface area contributed by atoms with Gasteiger partial charge in [0.1, 0.15) is 12.6 Å². The SMILES string of the molecule is CCC(C)C(NC(=O)C(C)(C)CNC(=O)OCC1c2ccccc2-c2ccccc21)C(=O)O. The van der Waals surface area contributed by atoms with Crippen molar-refractivity contribution in [3.8, 4) is 11.1 Å². The number of hydrogen-bond donors (Lipinski definition) is 3. The lowest BCUT2D eigenvalue weighted by molar-refractivity contribution is -0.145. The van der Waals surface area contributed by atoms with Gasteiger partial charge in [-0.3, -0.25) is 4.79 Å². The first-order chi connectivity index (χ1) is 15.7. The first kappa shape index (κ1) is 24.3. The molecule has 1 aliphatic carbocycles. The molecule has 33 heavy (non-hydrogen) atoms. The highest BCUT2D eigenvalue weighted by Gasteiger charge is 2.34. The topological polar surface area (TPSA) is 105 Å². The number of benzene rings is 2. The molecule has 7 nitrogen and oxygen atoms in total. The molecule has 0 aromatic heterocycles. The molecule has 2 aromatic carbocycles. The Morgan fingerprint density at radius 3 is 2.09 bits per heavy atom. The summed E-state index contributed by atoms with van der Waals surface area (Å²) < 4.78 is 5.51. The number of hydrogen-bond acceptors (Lipinski definition) is 4. The largest absolute Gasteiger partial charge is 0.480 e. The van der Waals surface area contributed by atoms with Crippen LogP contribution in [0.25, 0.3) is 11.1 Å². The maximum atomic E-state index is 12.7. The minimum atomic E-state index is -1.07. The maximum Gasteiger partial charge on any atom is 0.407 e. The zero-order valence-corrected chi connectivity index (χ0v) is 19.6. The van der Waals surface area contributed by atoms with Crippen LogP contribution in [0.2, 0.25) is 0 Å². The Balaban J connectivity index is 1.57. The predicted octanol–water partition coefficient (Wildman–Crippen LogP) is 4.17. The quantitative estimate of drug-likeness (QED) is 0.530. The number of aliphatic carboxylic acids is 1. The van der Waals surface area contributed by atoms with E-state index < -0.39 is 29.4 Å². The van der Waals surface area contributed by atoms with Crippen LogP contribution < -0.4 is 10.6 Å². The van der Waals surface area contributed by atoms with Gasteiger partial charge in [0.15, 0.2) is 0 Å². The number of nitrogens with one attached hydrogen (secondary N) is 2. The summed E-state index contributed by atoms with van der Waals surface area (Å²) in [5.74, 6) is -1.77. The molecule has 3 N–H and O–H groups in total. The lowest BCUT2D eigenvalue weighted by Crippen LogP contribution is -2.52. The van der Waals surface area contributed by atoms with Crippen LogP contribution in [-0.4, -0.2) is 42.3 Å². The molecule has 7 heteroatoms. The molecule has 0 saturated heterocycles. The molecule has 2 aromatic rings. The van der Waals surface area contributed by atoms with Crippen molar-refractivity contribution in [2.75, 3.05) is 13.2 Å². The number of carboxylic acid groups (broad SMARTS) is 1. The van der Waals surface area contributed by atoms with E-state index in [0.29, 0.717) is 6.42 Å². The van der Waals surface area contributed by atoms with E-state index in [4.69, 9.17) is 4.74 Å². The Morgan fingerprint density at radius 2 is 1.58 bits per heavy atom. The molecule has 0 bridgehead atoms. The Bertz CT molecular complexity index is 987. The molecule has 176 valence electrons. The Kier molecular flexibility index (Phi) is 7.41. The summed E-state index contributed by atoms with van der Waals surface area (Å²) in [5.41, 5.74) is 3.53. The summed E-state index contributed by atoms with van der Waals surface area (Å²) in [6, 6.07) is 15.2. The standard InChI is InChI=1S/C26H32N2O5/c1-5-16(2)22(23(29)30)28-24(31)26(3,4)15-27-25(32)33-14-21-19-12-8-6-10-17(19)18-11-7-9-13-20(18)21/h6-13,16,21-22H,5,14-15H2,1-4H3,(H,27,32)(H,28,31)(H,29,30). The highest BCUT2D eigenvalue weighted by atomic mass is 16.5. The minimum absolute atomic E-state index is 0.0162. The van der Waals surface area contributed by atoms with Gasteiger partial charge >= 0.3 is 12.1 Å². The van der Waals surface area contributed by atoms with Crippen molar-refractivity contribution in [1.29, 1.82) is 0 Å². The second-order valence-electron chi connectivity index (χ2n) is 9.24. The van der Waals surface area contributed by atoms with Crippen LogP contribution in [-0.2, 0) is 14.3 Å². The lowest BCUT2D eigenvalue weighted by atomic mass is 9.90. The Labute approximate surface area is 194 Å². The number of rotatable bonds is 9. The van der Waals surface area contributed by atoms with Crippen LogP contribution in [0.1, 0.15) is 51.2 Å². The van der Waals surface area contributed by atoms with E-state index >= 15 is 0 Å². The van der Waals surface area contributed by atoms with Crippen molar-refractivity contribution in [3.05, 3.63) is 59.7 Å². The lowest BCUT2D eigenvalue weighted by Gasteiger charge is -2.28. The third-order valence-corrected chi connectivity index (χ3v) is 6.40. The average molecular weight is 453 g/mol. The number of carbonyl (C=O) groups is 3. The number of ether oxygens (including phenoxy) is 1. The predicted molar refractivity (Wildman–Crippen MR) is 126 cm³/mol. The summed E-state index contributed by atoms with van der Waals surface area (Å²) in [4.78, 5) is 36.6. The van der Waals surface area contributed by atoms with Crippen LogP contribution in [0, 0.1) is 11.3 Å². The molecule has 0 heterocycles. The maximum absolute atomic E-state index is 12.7. The van der Waals surface area contributed by atoms with Gasteiger partial charge in [0.05, 0.1) is 5.41 Å². The van der Waals surface area contributed by atoms with Crippen molar-refractivity contribution in [1.82, 2.24) is 10.6 Å². The first-order valence-electron chi connectivity index (χ1n) is 11.3. The second-order valence-corrected chi connectivity index (χ2v) is 9.24. The van der Waals surface area contributed by atoms with Crippen molar-refractivity contribution in [2.24, 2.45) is 11.3 Å². The smallest absolute Gasteiger partial charge is 0.407 e. The molecule has 1 aliphatic rings. The van der Waals surface area contributed by atoms with E-state index in [1.165, 1.54) is 0 Å². The zero-order valence-electron chi connectivity index (χ0n) is 19.6. The monoisotopic (exact) mass is 452 g/mol. The van der Waals surface area contributed by atoms with Crippen LogP contribution in [0.5, 0.6) is 0 Å². The van der Waals surface area contributed by atoms with E-state index in [1.807, 2.05) is 43.3 Å². The van der Waals surface area contributed by atoms with Gasteiger partial charge in [-0.2, -0.15) is 0 Å². The Morgan fingerprint density at radius 1 is 1.03 bits per heavy atom. The van der Waals surface area contributed by atoms with Crippen molar-refractivity contribution < 1.29 is 24.2 Å². The van der Waals surface area contributed by atoms with Crippen LogP contribution in [0.15, 0.2) is 48.5 Å². The highest BCUT2D eigenvalue weighted by Crippen LogP contribution is 2.44. The minimum Gasteiger partial charge on any atom is -0.480 e. The summed E-state index contributed by atoms with van der Waals surface area (Å²) >= 11 is 0. The molecule has 2 unspecified atom stereocenters. The van der Waals surface area contributed by atoms with E-state index in [1.54, 1.807) is 20.8 Å². The van der Waals surface area contributed by atoms with Crippen LogP contribution in [0.4, 0.5) is 4.79 Å². The van der Waals surface area contributed by atoms with Crippen LogP contribution >= 0.6 is 0 Å². The normalized spacial score (nSPS) is 14.5. The van der Waals surface area contributed by atoms with E-state index in [-0.39, 0.29) is 25.0 Å². The molecular formula is C26H32N2O5. The average Bonchev–Trinajstić information content (AvgIpc) is 3.12. The number of amides is 2. The number of carbonyl (C=O) groups excluding carboxylic acids is 2. The van der Waals surface area contributed by atoms with Gasteiger partial charge < -0.3 is 20.5 Å². The van der Waals surface area contributed by atoms with E-state index in [9.17, 15) is 19.5 Å². The van der Waals surface area contributed by atoms with E-state index in [0.717, 1.165) is 22.3 Å². The molecule has 0 radical (unpaired) electrons. The van der Waals surface area contributed by atoms with Gasteiger partial charge in [0, 0.05) is 12.5 Å². The number of alkyl carbamates (subject to hydrolysis) is 1. The van der Waals surface area contributed by atoms with Crippen LogP contribution in [0.3, 0.4) is 0 Å². The van der Waals surface area contributed by atoms with Crippen molar-refractivity contribution in [2.45, 2.75) is 46.1 Å². The van der Waals surface area contributed by atoms with Gasteiger partial charge in [-0.15, -0.1) is 0 Å². The van der Waals surface area contributed by atoms with Gasteiger partial charge in [0.25, 0.3) is 0 Å². The molecule has 0 spiro atoms. The summed E-state index contributed by atoms with van der Waals surface area (Å²) in [5, 5.41) is 14.7. The third-order valence-electron chi connectivity index (χ3n) is 6.40. The second kappa shape index (κ2) is 10.1. The van der Waals surface area contributed by atoms with Gasteiger partial charge in [-0.05, 0) is 42.0 Å². The highest BCUT2D eigenvalue weighted by molar-refractivity contribution is 5.87. The molecular weight excluding hydrogens is 420 g/mol. The van der Waals surface area contributed by atoms with Crippen molar-refractivity contribution >= 4 is 18.0 Å². The van der Waals surface area contributed by atoms with Gasteiger partial charge in [-0.1, -0.05) is 68.8 Å². The number of carboxylic acids is 1. The molecule has 0 fully saturated rings. The molecule has 0 aliphatic heterocycles. The van der Waals surface area contributed by atoms with Crippen molar-refractivity contribution in [3.63, 3.8) is 0 Å². The summed E-state index contributed by atoms with van der Waals surface area (Å²) in [6.07, 6.45) is 0.00446. The molecule has 3 rings (SSSR count). The summed E-state index contributed by atoms with van der Waals surface area (Å²) in [6.45, 7) is 7.16. The van der Waals surface area contributed by atoms with Gasteiger partial charge in [0.2, 0.25) is 5.91 Å². The number of fused-ring (bicyclic) bond motifs is 3. The van der Waals surface area contributed by atoms with E-state index in [2.05, 4.69) is 22.8 Å². The summed E-state index contributed by atoms with van der Waals surface area (Å²) in [7, 11) is 0. The molecule has 2 amide bonds. The molecule has 2 atom stereocenters.